The van der Waals surface area contributed by atoms with Crippen molar-refractivity contribution in [3.05, 3.63) is 40.1 Å². The second-order valence-corrected chi connectivity index (χ2v) is 10.6. The van der Waals surface area contributed by atoms with Gasteiger partial charge in [-0.1, -0.05) is 38.5 Å². The summed E-state index contributed by atoms with van der Waals surface area (Å²) >= 11 is 0. The van der Waals surface area contributed by atoms with E-state index in [4.69, 9.17) is 0 Å². The van der Waals surface area contributed by atoms with Crippen molar-refractivity contribution in [2.45, 2.75) is 78.4 Å². The molecule has 2 rings (SSSR count). The lowest BCUT2D eigenvalue weighted by Crippen LogP contribution is -2.27. The van der Waals surface area contributed by atoms with Gasteiger partial charge in [0.15, 0.2) is 15.6 Å². The predicted octanol–water partition coefficient (Wildman–Crippen LogP) is 4.97. The quantitative estimate of drug-likeness (QED) is 0.661. The van der Waals surface area contributed by atoms with Crippen LogP contribution in [-0.4, -0.2) is 30.3 Å². The molecule has 0 saturated carbocycles. The average molecular weight is 407 g/mol. The summed E-state index contributed by atoms with van der Waals surface area (Å²) in [6, 6.07) is 4.18. The molecular formula is C23H34O4S. The number of Topliss-reactive ketones (excluding diaryl/α,β-unsaturated/α-hetero) is 1. The Balaban J connectivity index is 2.36. The van der Waals surface area contributed by atoms with Crippen LogP contribution in [-0.2, 0) is 27.5 Å². The van der Waals surface area contributed by atoms with Crippen LogP contribution in [0.1, 0.15) is 75.6 Å². The summed E-state index contributed by atoms with van der Waals surface area (Å²) in [5.41, 5.74) is 4.68. The first-order chi connectivity index (χ1) is 13.1. The summed E-state index contributed by atoms with van der Waals surface area (Å²) in [6.45, 7) is 9.74. The van der Waals surface area contributed by atoms with Crippen LogP contribution in [0.3, 0.4) is 0 Å². The molecule has 1 aromatic rings. The first kappa shape index (κ1) is 22.7. The van der Waals surface area contributed by atoms with E-state index in [1.165, 1.54) is 0 Å². The second kappa shape index (κ2) is 9.25. The Morgan fingerprint density at radius 3 is 2.14 bits per heavy atom. The van der Waals surface area contributed by atoms with Gasteiger partial charge in [0.2, 0.25) is 0 Å². The van der Waals surface area contributed by atoms with E-state index in [2.05, 4.69) is 26.0 Å². The fourth-order valence-electron chi connectivity index (χ4n) is 4.35. The number of allylic oxidation sites excluding steroid dienone is 2. The van der Waals surface area contributed by atoms with Gasteiger partial charge in [0.25, 0.3) is 0 Å². The summed E-state index contributed by atoms with van der Waals surface area (Å²) in [5, 5.41) is 10.3. The van der Waals surface area contributed by atoms with Gasteiger partial charge in [0, 0.05) is 12.8 Å². The van der Waals surface area contributed by atoms with Crippen LogP contribution < -0.4 is 0 Å². The molecule has 1 aliphatic rings. The maximum absolute atomic E-state index is 13.0. The number of carbonyl (C=O) groups is 1. The number of aliphatic hydroxyl groups excluding tert-OH is 1. The zero-order valence-corrected chi connectivity index (χ0v) is 18.7. The van der Waals surface area contributed by atoms with Crippen molar-refractivity contribution in [3.8, 4) is 0 Å². The third-order valence-corrected chi connectivity index (χ3v) is 8.14. The largest absolute Gasteiger partial charge is 0.512 e. The fraction of sp³-hybridized carbons (Fsp3) is 0.609. The normalized spacial score (nSPS) is 19.2. The van der Waals surface area contributed by atoms with Gasteiger partial charge in [0.1, 0.15) is 5.76 Å². The van der Waals surface area contributed by atoms with E-state index in [0.717, 1.165) is 35.1 Å². The Morgan fingerprint density at radius 2 is 1.68 bits per heavy atom. The van der Waals surface area contributed by atoms with E-state index in [-0.39, 0.29) is 23.2 Å². The molecule has 1 N–H and O–H groups in total. The Hall–Kier alpha value is -1.62. The average Bonchev–Trinajstić information content (AvgIpc) is 2.61. The van der Waals surface area contributed by atoms with Crippen molar-refractivity contribution in [1.29, 1.82) is 0 Å². The number of hydrogen-bond donors (Lipinski definition) is 1. The van der Waals surface area contributed by atoms with Crippen LogP contribution in [0.25, 0.3) is 5.57 Å². The zero-order chi connectivity index (χ0) is 21.1. The molecule has 0 radical (unpaired) electrons. The standard InChI is InChI=1S/C23H34O4S/c1-6-9-28(26,27)16(5)12-17-13-20(24)23(21(25)14-17)22-18(7-2)10-15(4)11-19(22)8-3/h10-11,16-17,24H,6-9,12-14H2,1-5H3. The molecule has 0 bridgehead atoms. The number of rotatable bonds is 8. The molecule has 2 atom stereocenters. The lowest BCUT2D eigenvalue weighted by molar-refractivity contribution is -0.115. The van der Waals surface area contributed by atoms with Crippen LogP contribution in [0.2, 0.25) is 0 Å². The van der Waals surface area contributed by atoms with Crippen molar-refractivity contribution >= 4 is 21.2 Å². The molecule has 0 amide bonds. The molecule has 0 fully saturated rings. The van der Waals surface area contributed by atoms with Crippen molar-refractivity contribution in [2.75, 3.05) is 5.75 Å². The number of aliphatic hydroxyl groups is 1. The summed E-state index contributed by atoms with van der Waals surface area (Å²) in [4.78, 5) is 13.0. The monoisotopic (exact) mass is 406 g/mol. The molecule has 5 heteroatoms. The van der Waals surface area contributed by atoms with Gasteiger partial charge in [-0.15, -0.1) is 0 Å². The first-order valence-electron chi connectivity index (χ1n) is 10.4. The molecule has 28 heavy (non-hydrogen) atoms. The molecule has 1 aromatic carbocycles. The molecule has 0 saturated heterocycles. The molecule has 0 aliphatic heterocycles. The van der Waals surface area contributed by atoms with Gasteiger partial charge in [-0.2, -0.15) is 0 Å². The third-order valence-electron chi connectivity index (χ3n) is 5.75. The number of aryl methyl sites for hydroxylation is 3. The van der Waals surface area contributed by atoms with E-state index in [1.54, 1.807) is 6.92 Å². The second-order valence-electron chi connectivity index (χ2n) is 8.10. The van der Waals surface area contributed by atoms with Gasteiger partial charge >= 0.3 is 0 Å². The van der Waals surface area contributed by atoms with Gasteiger partial charge in [-0.3, -0.25) is 4.79 Å². The number of hydrogen-bond acceptors (Lipinski definition) is 4. The summed E-state index contributed by atoms with van der Waals surface area (Å²) in [7, 11) is -3.15. The maximum atomic E-state index is 13.0. The van der Waals surface area contributed by atoms with Crippen LogP contribution in [0, 0.1) is 12.8 Å². The van der Waals surface area contributed by atoms with Crippen LogP contribution in [0.15, 0.2) is 17.9 Å². The fourth-order valence-corrected chi connectivity index (χ4v) is 5.88. The minimum Gasteiger partial charge on any atom is -0.512 e. The van der Waals surface area contributed by atoms with E-state index in [1.807, 2.05) is 13.8 Å². The number of benzene rings is 1. The predicted molar refractivity (Wildman–Crippen MR) is 115 cm³/mol. The first-order valence-corrected chi connectivity index (χ1v) is 12.2. The van der Waals surface area contributed by atoms with E-state index in [0.29, 0.717) is 31.3 Å². The molecule has 4 nitrogen and oxygen atoms in total. The summed E-state index contributed by atoms with van der Waals surface area (Å²) < 4.78 is 24.6. The Labute approximate surface area is 170 Å². The summed E-state index contributed by atoms with van der Waals surface area (Å²) in [6.07, 6.45) is 3.27. The molecule has 0 spiro atoms. The van der Waals surface area contributed by atoms with Crippen molar-refractivity contribution in [3.63, 3.8) is 0 Å². The SMILES string of the molecule is CCCS(=O)(=O)C(C)CC1CC(=O)C(c2c(CC)cc(C)cc2CC)=C(O)C1. The van der Waals surface area contributed by atoms with Crippen LogP contribution >= 0.6 is 0 Å². The van der Waals surface area contributed by atoms with Crippen LogP contribution in [0.4, 0.5) is 0 Å². The van der Waals surface area contributed by atoms with Crippen molar-refractivity contribution in [1.82, 2.24) is 0 Å². The maximum Gasteiger partial charge on any atom is 0.167 e. The molecule has 1 aliphatic carbocycles. The molecule has 156 valence electrons. The highest BCUT2D eigenvalue weighted by molar-refractivity contribution is 7.91. The van der Waals surface area contributed by atoms with Crippen LogP contribution in [0.5, 0.6) is 0 Å². The van der Waals surface area contributed by atoms with Gasteiger partial charge in [-0.25, -0.2) is 8.42 Å². The number of ketones is 1. The zero-order valence-electron chi connectivity index (χ0n) is 17.8. The Kier molecular flexibility index (Phi) is 7.49. The highest BCUT2D eigenvalue weighted by Crippen LogP contribution is 2.38. The third kappa shape index (κ3) is 4.86. The molecule has 0 aromatic heterocycles. The topological polar surface area (TPSA) is 71.4 Å². The van der Waals surface area contributed by atoms with Gasteiger partial charge < -0.3 is 5.11 Å². The molecular weight excluding hydrogens is 372 g/mol. The van der Waals surface area contributed by atoms with Gasteiger partial charge in [0.05, 0.1) is 16.6 Å². The Morgan fingerprint density at radius 1 is 1.11 bits per heavy atom. The smallest absolute Gasteiger partial charge is 0.167 e. The Bertz CT molecular complexity index is 840. The van der Waals surface area contributed by atoms with E-state index in [9.17, 15) is 18.3 Å². The van der Waals surface area contributed by atoms with Crippen molar-refractivity contribution in [2.24, 2.45) is 5.92 Å². The molecule has 0 heterocycles. The van der Waals surface area contributed by atoms with Gasteiger partial charge in [-0.05, 0) is 62.1 Å². The number of carbonyl (C=O) groups excluding carboxylic acids is 1. The molecule has 2 unspecified atom stereocenters. The van der Waals surface area contributed by atoms with Crippen molar-refractivity contribution < 1.29 is 18.3 Å². The summed E-state index contributed by atoms with van der Waals surface area (Å²) in [5.74, 6) is 0.0977. The lowest BCUT2D eigenvalue weighted by atomic mass is 9.79. The number of sulfone groups is 1. The highest BCUT2D eigenvalue weighted by atomic mass is 32.2. The lowest BCUT2D eigenvalue weighted by Gasteiger charge is -2.27. The van der Waals surface area contributed by atoms with E-state index >= 15 is 0 Å². The minimum atomic E-state index is -3.15. The highest BCUT2D eigenvalue weighted by Gasteiger charge is 2.33. The van der Waals surface area contributed by atoms with E-state index < -0.39 is 15.1 Å². The minimum absolute atomic E-state index is 0.0675.